The molecule has 0 spiro atoms. The average Bonchev–Trinajstić information content (AvgIpc) is 2.24. The van der Waals surface area contributed by atoms with Crippen molar-refractivity contribution in [1.29, 1.82) is 0 Å². The summed E-state index contributed by atoms with van der Waals surface area (Å²) in [5.74, 6) is -0.918. The largest absolute Gasteiger partial charge is 0.481 e. The highest BCUT2D eigenvalue weighted by Crippen LogP contribution is 2.07. The average molecular weight is 233 g/mol. The summed E-state index contributed by atoms with van der Waals surface area (Å²) in [4.78, 5) is 21.2. The van der Waals surface area contributed by atoms with Gasteiger partial charge in [0, 0.05) is 13.5 Å². The second-order valence-corrected chi connectivity index (χ2v) is 3.66. The Balaban J connectivity index is 2.59. The molecule has 90 valence electrons. The van der Waals surface area contributed by atoms with Crippen LogP contribution in [0.15, 0.2) is 30.3 Å². The van der Waals surface area contributed by atoms with E-state index in [0.29, 0.717) is 6.54 Å². The second kappa shape index (κ2) is 6.48. The first-order chi connectivity index (χ1) is 8.08. The topological polar surface area (TPSA) is 66.4 Å². The van der Waals surface area contributed by atoms with Gasteiger partial charge in [-0.3, -0.25) is 9.59 Å². The van der Waals surface area contributed by atoms with E-state index in [-0.39, 0.29) is 12.3 Å². The van der Waals surface area contributed by atoms with Crippen LogP contribution in [-0.2, 0) is 16.0 Å². The van der Waals surface area contributed by atoms with Crippen molar-refractivity contribution in [2.75, 3.05) is 6.54 Å². The van der Waals surface area contributed by atoms with Crippen LogP contribution in [0.4, 0.5) is 0 Å². The minimum absolute atomic E-state index is 0.0212. The summed E-state index contributed by atoms with van der Waals surface area (Å²) in [6, 6.07) is 7.30. The van der Waals surface area contributed by atoms with Gasteiger partial charge in [0.25, 0.3) is 0 Å². The number of carbonyl (C=O) groups is 2. The Hall–Kier alpha value is -2.10. The quantitative estimate of drug-likeness (QED) is 0.809. The van der Waals surface area contributed by atoms with Crippen LogP contribution < -0.4 is 5.32 Å². The minimum Gasteiger partial charge on any atom is -0.481 e. The van der Waals surface area contributed by atoms with Crippen LogP contribution in [0, 0.1) is 0 Å². The van der Waals surface area contributed by atoms with E-state index < -0.39 is 5.97 Å². The van der Waals surface area contributed by atoms with E-state index >= 15 is 0 Å². The summed E-state index contributed by atoms with van der Waals surface area (Å²) in [7, 11) is 0. The Labute approximate surface area is 100.0 Å². The highest BCUT2D eigenvalue weighted by Gasteiger charge is 1.99. The van der Waals surface area contributed by atoms with Gasteiger partial charge in [-0.15, -0.1) is 0 Å². The molecule has 2 N–H and O–H groups in total. The van der Waals surface area contributed by atoms with Crippen LogP contribution in [-0.4, -0.2) is 23.5 Å². The summed E-state index contributed by atoms with van der Waals surface area (Å²) in [6.07, 6.45) is 3.69. The van der Waals surface area contributed by atoms with E-state index in [1.165, 1.54) is 6.92 Å². The lowest BCUT2D eigenvalue weighted by atomic mass is 10.1. The van der Waals surface area contributed by atoms with Crippen LogP contribution in [0.5, 0.6) is 0 Å². The standard InChI is InChI=1S/C13H15NO3/c1-10(15)14-7-3-6-11-4-2-5-12(8-11)9-13(16)17/h2-6,8H,7,9H2,1H3,(H,14,15)(H,16,17). The molecule has 1 rings (SSSR count). The first kappa shape index (κ1) is 13.0. The molecule has 4 nitrogen and oxygen atoms in total. The fraction of sp³-hybridized carbons (Fsp3) is 0.231. The van der Waals surface area contributed by atoms with Crippen molar-refractivity contribution in [1.82, 2.24) is 5.32 Å². The van der Waals surface area contributed by atoms with Gasteiger partial charge in [0.05, 0.1) is 6.42 Å². The van der Waals surface area contributed by atoms with Crippen LogP contribution >= 0.6 is 0 Å². The Kier molecular flexibility index (Phi) is 4.94. The zero-order valence-corrected chi connectivity index (χ0v) is 9.64. The molecule has 0 aliphatic carbocycles. The van der Waals surface area contributed by atoms with E-state index in [9.17, 15) is 9.59 Å². The number of hydrogen-bond acceptors (Lipinski definition) is 2. The van der Waals surface area contributed by atoms with Crippen LogP contribution in [0.3, 0.4) is 0 Å². The summed E-state index contributed by atoms with van der Waals surface area (Å²) >= 11 is 0. The van der Waals surface area contributed by atoms with Gasteiger partial charge >= 0.3 is 5.97 Å². The molecule has 0 bridgehead atoms. The minimum atomic E-state index is -0.843. The Morgan fingerprint density at radius 2 is 2.18 bits per heavy atom. The van der Waals surface area contributed by atoms with E-state index in [1.54, 1.807) is 6.07 Å². The molecule has 1 aromatic rings. The van der Waals surface area contributed by atoms with Crippen molar-refractivity contribution in [2.45, 2.75) is 13.3 Å². The molecule has 1 amide bonds. The van der Waals surface area contributed by atoms with Crippen molar-refractivity contribution in [2.24, 2.45) is 0 Å². The zero-order valence-electron chi connectivity index (χ0n) is 9.64. The molecule has 0 aliphatic rings. The summed E-state index contributed by atoms with van der Waals surface area (Å²) in [5.41, 5.74) is 1.69. The molecule has 0 saturated carbocycles. The van der Waals surface area contributed by atoms with Crippen molar-refractivity contribution < 1.29 is 14.7 Å². The van der Waals surface area contributed by atoms with Crippen LogP contribution in [0.1, 0.15) is 18.1 Å². The third-order valence-corrected chi connectivity index (χ3v) is 2.09. The Bertz CT molecular complexity index is 438. The van der Waals surface area contributed by atoms with Gasteiger partial charge < -0.3 is 10.4 Å². The molecule has 4 heteroatoms. The number of benzene rings is 1. The zero-order chi connectivity index (χ0) is 12.7. The molecule has 0 radical (unpaired) electrons. The monoisotopic (exact) mass is 233 g/mol. The number of carboxylic acid groups (broad SMARTS) is 1. The maximum Gasteiger partial charge on any atom is 0.307 e. The first-order valence-electron chi connectivity index (χ1n) is 5.29. The molecule has 0 aliphatic heterocycles. The molecule has 0 saturated heterocycles. The smallest absolute Gasteiger partial charge is 0.307 e. The number of rotatable bonds is 5. The lowest BCUT2D eigenvalue weighted by Gasteiger charge is -1.99. The third kappa shape index (κ3) is 5.51. The lowest BCUT2D eigenvalue weighted by Crippen LogP contribution is -2.19. The lowest BCUT2D eigenvalue weighted by molar-refractivity contribution is -0.136. The normalized spacial score (nSPS) is 10.4. The molecule has 0 aromatic heterocycles. The molecule has 1 aromatic carbocycles. The van der Waals surface area contributed by atoms with Crippen molar-refractivity contribution >= 4 is 18.0 Å². The second-order valence-electron chi connectivity index (χ2n) is 3.66. The third-order valence-electron chi connectivity index (χ3n) is 2.09. The van der Waals surface area contributed by atoms with E-state index in [1.807, 2.05) is 30.4 Å². The van der Waals surface area contributed by atoms with Gasteiger partial charge in [0.1, 0.15) is 0 Å². The summed E-state index contributed by atoms with van der Waals surface area (Å²) < 4.78 is 0. The molecular weight excluding hydrogens is 218 g/mol. The fourth-order valence-electron chi connectivity index (χ4n) is 1.38. The molecular formula is C13H15NO3. The maximum atomic E-state index is 10.6. The SMILES string of the molecule is CC(=O)NCC=Cc1cccc(CC(=O)O)c1. The number of carboxylic acids is 1. The van der Waals surface area contributed by atoms with E-state index in [2.05, 4.69) is 5.32 Å². The molecule has 0 heterocycles. The van der Waals surface area contributed by atoms with E-state index in [0.717, 1.165) is 11.1 Å². The number of aliphatic carboxylic acids is 1. The van der Waals surface area contributed by atoms with Crippen LogP contribution in [0.2, 0.25) is 0 Å². The van der Waals surface area contributed by atoms with Crippen molar-refractivity contribution in [3.8, 4) is 0 Å². The van der Waals surface area contributed by atoms with Gasteiger partial charge in [-0.1, -0.05) is 36.4 Å². The van der Waals surface area contributed by atoms with E-state index in [4.69, 9.17) is 5.11 Å². The number of amides is 1. The molecule has 17 heavy (non-hydrogen) atoms. The van der Waals surface area contributed by atoms with Gasteiger partial charge in [-0.2, -0.15) is 0 Å². The Morgan fingerprint density at radius 3 is 2.82 bits per heavy atom. The first-order valence-corrected chi connectivity index (χ1v) is 5.29. The maximum absolute atomic E-state index is 10.6. The summed E-state index contributed by atoms with van der Waals surface area (Å²) in [5, 5.41) is 11.3. The number of carbonyl (C=O) groups excluding carboxylic acids is 1. The predicted molar refractivity (Wildman–Crippen MR) is 65.5 cm³/mol. The van der Waals surface area contributed by atoms with Crippen molar-refractivity contribution in [3.63, 3.8) is 0 Å². The summed E-state index contributed by atoms with van der Waals surface area (Å²) in [6.45, 7) is 1.93. The number of nitrogens with one attached hydrogen (secondary N) is 1. The highest BCUT2D eigenvalue weighted by molar-refractivity contribution is 5.73. The molecule has 0 atom stereocenters. The van der Waals surface area contributed by atoms with Crippen LogP contribution in [0.25, 0.3) is 6.08 Å². The van der Waals surface area contributed by atoms with Gasteiger partial charge in [-0.05, 0) is 11.1 Å². The Morgan fingerprint density at radius 1 is 1.41 bits per heavy atom. The van der Waals surface area contributed by atoms with Gasteiger partial charge in [-0.25, -0.2) is 0 Å². The molecule has 0 fully saturated rings. The highest BCUT2D eigenvalue weighted by atomic mass is 16.4. The molecule has 0 unspecified atom stereocenters. The van der Waals surface area contributed by atoms with Crippen molar-refractivity contribution in [3.05, 3.63) is 41.5 Å². The fourth-order valence-corrected chi connectivity index (χ4v) is 1.38. The van der Waals surface area contributed by atoms with Gasteiger partial charge in [0.2, 0.25) is 5.91 Å². The number of hydrogen-bond donors (Lipinski definition) is 2. The van der Waals surface area contributed by atoms with Gasteiger partial charge in [0.15, 0.2) is 0 Å². The predicted octanol–water partition coefficient (Wildman–Crippen LogP) is 1.46.